The van der Waals surface area contributed by atoms with Gasteiger partial charge in [0.15, 0.2) is 5.60 Å². The van der Waals surface area contributed by atoms with Crippen LogP contribution >= 0.6 is 11.6 Å². The number of carboxylic acids is 1. The summed E-state index contributed by atoms with van der Waals surface area (Å²) >= 11 is 6.36. The number of carboxylic acid groups (broad SMARTS) is 1. The maximum atomic E-state index is 14.1. The number of aliphatic hydroxyl groups is 1. The van der Waals surface area contributed by atoms with Crippen LogP contribution in [0.5, 0.6) is 0 Å². The first-order chi connectivity index (χ1) is 15.3. The second kappa shape index (κ2) is 9.03. The molecule has 2 unspecified atom stereocenters. The number of alkyl halides is 3. The molecule has 0 amide bonds. The third kappa shape index (κ3) is 4.82. The van der Waals surface area contributed by atoms with E-state index in [1.807, 2.05) is 0 Å². The lowest BCUT2D eigenvalue weighted by molar-refractivity contribution is -0.274. The summed E-state index contributed by atoms with van der Waals surface area (Å²) in [5.74, 6) is -2.45. The minimum Gasteiger partial charge on any atom is -0.481 e. The van der Waals surface area contributed by atoms with Crippen LogP contribution in [0.4, 0.5) is 13.2 Å². The van der Waals surface area contributed by atoms with E-state index in [-0.39, 0.29) is 17.0 Å². The van der Waals surface area contributed by atoms with Gasteiger partial charge in [0.2, 0.25) is 5.56 Å². The van der Waals surface area contributed by atoms with Crippen molar-refractivity contribution >= 4 is 17.6 Å². The molecule has 0 saturated carbocycles. The van der Waals surface area contributed by atoms with Gasteiger partial charge in [-0.15, -0.1) is 0 Å². The number of hydrogen-bond donors (Lipinski definition) is 2. The fourth-order valence-corrected chi connectivity index (χ4v) is 4.10. The van der Waals surface area contributed by atoms with Crippen molar-refractivity contribution in [1.29, 1.82) is 0 Å². The molecule has 0 aliphatic rings. The highest BCUT2D eigenvalue weighted by atomic mass is 35.5. The topological polar surface area (TPSA) is 79.5 Å². The quantitative estimate of drug-likeness (QED) is 0.528. The third-order valence-corrected chi connectivity index (χ3v) is 6.02. The van der Waals surface area contributed by atoms with Crippen molar-refractivity contribution in [3.8, 4) is 11.1 Å². The zero-order valence-electron chi connectivity index (χ0n) is 17.7. The Morgan fingerprint density at radius 3 is 2.18 bits per heavy atom. The Hall–Kier alpha value is -3.10. The van der Waals surface area contributed by atoms with E-state index in [4.69, 9.17) is 16.7 Å². The summed E-state index contributed by atoms with van der Waals surface area (Å²) in [6, 6.07) is 13.1. The summed E-state index contributed by atoms with van der Waals surface area (Å²) in [5.41, 5.74) is -2.26. The minimum atomic E-state index is -5.05. The number of carbonyl (C=O) groups is 1. The predicted molar refractivity (Wildman–Crippen MR) is 118 cm³/mol. The van der Waals surface area contributed by atoms with Crippen molar-refractivity contribution in [2.45, 2.75) is 31.0 Å². The zero-order valence-corrected chi connectivity index (χ0v) is 18.5. The number of pyridine rings is 1. The van der Waals surface area contributed by atoms with Crippen LogP contribution in [-0.4, -0.2) is 26.9 Å². The molecule has 3 rings (SSSR count). The molecule has 33 heavy (non-hydrogen) atoms. The van der Waals surface area contributed by atoms with E-state index < -0.39 is 34.8 Å². The van der Waals surface area contributed by atoms with Crippen LogP contribution in [-0.2, 0) is 23.9 Å². The van der Waals surface area contributed by atoms with Crippen molar-refractivity contribution in [3.63, 3.8) is 0 Å². The number of hydrogen-bond acceptors (Lipinski definition) is 3. The normalized spacial score (nSPS) is 14.5. The molecule has 5 nitrogen and oxygen atoms in total. The Morgan fingerprint density at radius 1 is 1.06 bits per heavy atom. The van der Waals surface area contributed by atoms with Crippen molar-refractivity contribution in [2.24, 2.45) is 7.05 Å². The van der Waals surface area contributed by atoms with E-state index in [1.165, 1.54) is 26.1 Å². The van der Waals surface area contributed by atoms with Crippen LogP contribution < -0.4 is 5.56 Å². The number of aliphatic carboxylic acids is 1. The molecule has 1 heterocycles. The fourth-order valence-electron chi connectivity index (χ4n) is 3.75. The van der Waals surface area contributed by atoms with Gasteiger partial charge in [-0.3, -0.25) is 9.59 Å². The lowest BCUT2D eigenvalue weighted by Gasteiger charge is -2.37. The van der Waals surface area contributed by atoms with Gasteiger partial charge in [0.05, 0.1) is 6.42 Å². The Labute approximate surface area is 192 Å². The van der Waals surface area contributed by atoms with Gasteiger partial charge in [-0.05, 0) is 34.4 Å². The van der Waals surface area contributed by atoms with Crippen molar-refractivity contribution < 1.29 is 28.2 Å². The summed E-state index contributed by atoms with van der Waals surface area (Å²) in [6.45, 7) is 1.22. The van der Waals surface area contributed by atoms with Gasteiger partial charge in [-0.1, -0.05) is 54.9 Å². The molecule has 1 aromatic heterocycles. The number of nitrogens with zero attached hydrogens (tertiary/aromatic N) is 1. The molecule has 174 valence electrons. The fraction of sp³-hybridized carbons (Fsp3) is 0.250. The first kappa shape index (κ1) is 24.5. The molecule has 2 aromatic carbocycles. The molecule has 0 aliphatic heterocycles. The van der Waals surface area contributed by atoms with Crippen LogP contribution in [0.2, 0.25) is 5.02 Å². The minimum absolute atomic E-state index is 0.0297. The summed E-state index contributed by atoms with van der Waals surface area (Å²) in [6.07, 6.45) is -4.21. The third-order valence-electron chi connectivity index (χ3n) is 5.69. The number of aryl methyl sites for hydroxylation is 1. The molecule has 0 saturated heterocycles. The molecule has 9 heteroatoms. The Morgan fingerprint density at radius 2 is 1.67 bits per heavy atom. The average molecular weight is 480 g/mol. The van der Waals surface area contributed by atoms with Crippen molar-refractivity contribution in [2.75, 3.05) is 0 Å². The highest BCUT2D eigenvalue weighted by Gasteiger charge is 2.59. The van der Waals surface area contributed by atoms with Gasteiger partial charge in [-0.25, -0.2) is 0 Å². The molecular weight excluding hydrogens is 459 g/mol. The van der Waals surface area contributed by atoms with Crippen LogP contribution in [0, 0.1) is 0 Å². The van der Waals surface area contributed by atoms with Crippen LogP contribution in [0.15, 0.2) is 65.6 Å². The standard InChI is InChI=1S/C24H21ClF3NO4/c1-14(23(33,24(26,27)28)18-8-10-21(30)29(2)13-18)19-9-7-17(12-20(19)25)16-5-3-15(4-6-16)11-22(31)32/h3-10,12-14,33H,11H2,1-2H3,(H,31,32). The first-order valence-corrected chi connectivity index (χ1v) is 10.3. The van der Waals surface area contributed by atoms with E-state index in [2.05, 4.69) is 0 Å². The average Bonchev–Trinajstić information content (AvgIpc) is 2.74. The van der Waals surface area contributed by atoms with E-state index in [9.17, 15) is 27.9 Å². The van der Waals surface area contributed by atoms with Gasteiger partial charge in [-0.2, -0.15) is 13.2 Å². The van der Waals surface area contributed by atoms with Crippen LogP contribution in [0.25, 0.3) is 11.1 Å². The molecule has 0 fully saturated rings. The second-order valence-electron chi connectivity index (χ2n) is 7.86. The lowest BCUT2D eigenvalue weighted by atomic mass is 9.78. The monoisotopic (exact) mass is 479 g/mol. The maximum Gasteiger partial charge on any atom is 0.422 e. The summed E-state index contributed by atoms with van der Waals surface area (Å²) in [4.78, 5) is 22.5. The van der Waals surface area contributed by atoms with Gasteiger partial charge < -0.3 is 14.8 Å². The zero-order chi connectivity index (χ0) is 24.6. The van der Waals surface area contributed by atoms with Crippen LogP contribution in [0.1, 0.15) is 29.5 Å². The van der Waals surface area contributed by atoms with Crippen LogP contribution in [0.3, 0.4) is 0 Å². The molecule has 2 atom stereocenters. The molecule has 0 spiro atoms. The van der Waals surface area contributed by atoms with E-state index in [0.29, 0.717) is 16.7 Å². The Bertz CT molecular complexity index is 1240. The van der Waals surface area contributed by atoms with Gasteiger partial charge in [0.25, 0.3) is 0 Å². The summed E-state index contributed by atoms with van der Waals surface area (Å²) < 4.78 is 43.4. The molecule has 2 N–H and O–H groups in total. The van der Waals surface area contributed by atoms with E-state index >= 15 is 0 Å². The molecule has 0 radical (unpaired) electrons. The summed E-state index contributed by atoms with van der Waals surface area (Å²) in [5, 5.41) is 19.8. The molecule has 0 bridgehead atoms. The number of aromatic nitrogens is 1. The molecule has 0 aliphatic carbocycles. The van der Waals surface area contributed by atoms with Crippen molar-refractivity contribution in [1.82, 2.24) is 4.57 Å². The molecular formula is C24H21ClF3NO4. The number of rotatable bonds is 6. The Balaban J connectivity index is 2.01. The number of halogens is 4. The largest absolute Gasteiger partial charge is 0.481 e. The van der Waals surface area contributed by atoms with Crippen molar-refractivity contribution in [3.05, 3.63) is 92.9 Å². The highest BCUT2D eigenvalue weighted by molar-refractivity contribution is 6.31. The highest BCUT2D eigenvalue weighted by Crippen LogP contribution is 2.49. The number of benzene rings is 2. The smallest absolute Gasteiger partial charge is 0.422 e. The predicted octanol–water partition coefficient (Wildman–Crippen LogP) is 4.89. The molecule has 3 aromatic rings. The summed E-state index contributed by atoms with van der Waals surface area (Å²) in [7, 11) is 1.30. The van der Waals surface area contributed by atoms with E-state index in [1.54, 1.807) is 30.3 Å². The van der Waals surface area contributed by atoms with E-state index in [0.717, 1.165) is 22.9 Å². The SMILES string of the molecule is CC(c1ccc(-c2ccc(CC(=O)O)cc2)cc1Cl)C(O)(c1ccc(=O)n(C)c1)C(F)(F)F. The van der Waals surface area contributed by atoms with Gasteiger partial charge in [0, 0.05) is 35.8 Å². The maximum absolute atomic E-state index is 14.1. The van der Waals surface area contributed by atoms with Gasteiger partial charge in [0.1, 0.15) is 0 Å². The lowest BCUT2D eigenvalue weighted by Crippen LogP contribution is -2.47. The van der Waals surface area contributed by atoms with Gasteiger partial charge >= 0.3 is 12.1 Å². The Kier molecular flexibility index (Phi) is 6.72. The first-order valence-electron chi connectivity index (χ1n) is 9.91. The second-order valence-corrected chi connectivity index (χ2v) is 8.26.